The first-order valence-corrected chi connectivity index (χ1v) is 6.03. The highest BCUT2D eigenvalue weighted by molar-refractivity contribution is 5.99. The normalized spacial score (nSPS) is 10.4. The number of fused-ring (bicyclic) bond motifs is 1. The molecule has 2 heterocycles. The Morgan fingerprint density at radius 1 is 1.14 bits per heavy atom. The van der Waals surface area contributed by atoms with Crippen LogP contribution in [-0.2, 0) is 0 Å². The van der Waals surface area contributed by atoms with Crippen molar-refractivity contribution >= 4 is 16.7 Å². The molecule has 0 atom stereocenters. The second kappa shape index (κ2) is 4.61. The highest BCUT2D eigenvalue weighted by Crippen LogP contribution is 2.31. The maximum Gasteiger partial charge on any atom is 0.327 e. The maximum atomic E-state index is 12.1. The molecule has 0 aliphatic heterocycles. The molecular formula is C14H9N5O2. The topological polar surface area (TPSA) is 128 Å². The second-order valence-electron chi connectivity index (χ2n) is 4.36. The summed E-state index contributed by atoms with van der Waals surface area (Å²) in [7, 11) is 0. The van der Waals surface area contributed by atoms with Gasteiger partial charge < -0.3 is 5.73 Å². The number of aromatic amines is 2. The lowest BCUT2D eigenvalue weighted by atomic mass is 10.0. The predicted molar refractivity (Wildman–Crippen MR) is 77.5 cm³/mol. The van der Waals surface area contributed by atoms with Gasteiger partial charge in [-0.25, -0.2) is 9.78 Å². The van der Waals surface area contributed by atoms with Crippen LogP contribution in [0.5, 0.6) is 0 Å². The minimum Gasteiger partial charge on any atom is -0.396 e. The third-order valence-electron chi connectivity index (χ3n) is 3.09. The summed E-state index contributed by atoms with van der Waals surface area (Å²) in [4.78, 5) is 32.0. The van der Waals surface area contributed by atoms with Gasteiger partial charge in [0.2, 0.25) is 0 Å². The van der Waals surface area contributed by atoms with Crippen LogP contribution in [0.2, 0.25) is 0 Å². The molecule has 0 amide bonds. The highest BCUT2D eigenvalue weighted by atomic mass is 16.2. The first-order valence-electron chi connectivity index (χ1n) is 6.03. The standard InChI is InChI=1S/C14H9N5O2/c15-6-8-11(16)9(7-4-2-1-3-5-7)10-12(17-8)18-14(21)19-13(10)20/h1-5H,16H2,(H2,17,18,19,20,21). The summed E-state index contributed by atoms with van der Waals surface area (Å²) in [6.07, 6.45) is 0. The van der Waals surface area contributed by atoms with Crippen LogP contribution in [0.25, 0.3) is 22.2 Å². The fourth-order valence-corrected chi connectivity index (χ4v) is 2.21. The minimum atomic E-state index is -0.687. The zero-order valence-electron chi connectivity index (χ0n) is 10.7. The van der Waals surface area contributed by atoms with E-state index in [1.165, 1.54) is 0 Å². The molecule has 0 fully saturated rings. The van der Waals surface area contributed by atoms with E-state index in [4.69, 9.17) is 11.0 Å². The van der Waals surface area contributed by atoms with E-state index in [0.29, 0.717) is 11.1 Å². The number of benzene rings is 1. The van der Waals surface area contributed by atoms with Crippen molar-refractivity contribution in [1.29, 1.82) is 5.26 Å². The number of rotatable bonds is 1. The Kier molecular flexibility index (Phi) is 2.77. The Labute approximate surface area is 117 Å². The van der Waals surface area contributed by atoms with Gasteiger partial charge in [0.25, 0.3) is 5.56 Å². The lowest BCUT2D eigenvalue weighted by Gasteiger charge is -2.10. The van der Waals surface area contributed by atoms with Crippen LogP contribution < -0.4 is 17.0 Å². The van der Waals surface area contributed by atoms with Crippen LogP contribution in [0.15, 0.2) is 39.9 Å². The monoisotopic (exact) mass is 279 g/mol. The van der Waals surface area contributed by atoms with Crippen LogP contribution in [-0.4, -0.2) is 15.0 Å². The van der Waals surface area contributed by atoms with Gasteiger partial charge in [0.1, 0.15) is 11.7 Å². The van der Waals surface area contributed by atoms with E-state index in [0.717, 1.165) is 0 Å². The lowest BCUT2D eigenvalue weighted by molar-refractivity contribution is 1.06. The van der Waals surface area contributed by atoms with E-state index in [1.54, 1.807) is 24.3 Å². The molecule has 21 heavy (non-hydrogen) atoms. The summed E-state index contributed by atoms with van der Waals surface area (Å²) < 4.78 is 0. The molecule has 3 aromatic rings. The third-order valence-corrected chi connectivity index (χ3v) is 3.09. The van der Waals surface area contributed by atoms with Gasteiger partial charge in [0, 0.05) is 5.56 Å². The zero-order chi connectivity index (χ0) is 15.0. The molecule has 0 aliphatic rings. The average Bonchev–Trinajstić information content (AvgIpc) is 2.48. The second-order valence-corrected chi connectivity index (χ2v) is 4.36. The summed E-state index contributed by atoms with van der Waals surface area (Å²) in [5.74, 6) is 0. The van der Waals surface area contributed by atoms with Gasteiger partial charge in [-0.05, 0) is 5.56 Å². The van der Waals surface area contributed by atoms with E-state index in [9.17, 15) is 9.59 Å². The molecule has 102 valence electrons. The lowest BCUT2D eigenvalue weighted by Crippen LogP contribution is -2.23. The maximum absolute atomic E-state index is 12.1. The molecule has 0 saturated heterocycles. The summed E-state index contributed by atoms with van der Waals surface area (Å²) in [6.45, 7) is 0. The quantitative estimate of drug-likeness (QED) is 0.605. The van der Waals surface area contributed by atoms with Gasteiger partial charge in [0.15, 0.2) is 5.69 Å². The Morgan fingerprint density at radius 3 is 2.52 bits per heavy atom. The summed E-state index contributed by atoms with van der Waals surface area (Å²) in [6, 6.07) is 10.8. The van der Waals surface area contributed by atoms with E-state index in [1.807, 2.05) is 12.1 Å². The Morgan fingerprint density at radius 2 is 1.86 bits per heavy atom. The fraction of sp³-hybridized carbons (Fsp3) is 0. The van der Waals surface area contributed by atoms with Crippen molar-refractivity contribution in [2.24, 2.45) is 0 Å². The zero-order valence-corrected chi connectivity index (χ0v) is 10.7. The van der Waals surface area contributed by atoms with Crippen molar-refractivity contribution in [3.05, 3.63) is 56.9 Å². The Hall–Kier alpha value is -3.40. The van der Waals surface area contributed by atoms with E-state index in [-0.39, 0.29) is 22.4 Å². The van der Waals surface area contributed by atoms with Crippen LogP contribution >= 0.6 is 0 Å². The van der Waals surface area contributed by atoms with Crippen molar-refractivity contribution in [1.82, 2.24) is 15.0 Å². The molecule has 7 nitrogen and oxygen atoms in total. The highest BCUT2D eigenvalue weighted by Gasteiger charge is 2.17. The number of hydrogen-bond acceptors (Lipinski definition) is 5. The molecule has 0 unspecified atom stereocenters. The van der Waals surface area contributed by atoms with Crippen LogP contribution in [0, 0.1) is 11.3 Å². The number of nitrogen functional groups attached to an aromatic ring is 1. The van der Waals surface area contributed by atoms with E-state index < -0.39 is 11.2 Å². The summed E-state index contributed by atoms with van der Waals surface area (Å²) in [5.41, 5.74) is 5.83. The van der Waals surface area contributed by atoms with Crippen LogP contribution in [0.4, 0.5) is 5.69 Å². The molecule has 4 N–H and O–H groups in total. The number of anilines is 1. The summed E-state index contributed by atoms with van der Waals surface area (Å²) in [5, 5.41) is 9.27. The molecule has 1 aromatic carbocycles. The number of nitriles is 1. The van der Waals surface area contributed by atoms with Gasteiger partial charge in [-0.3, -0.25) is 14.8 Å². The summed E-state index contributed by atoms with van der Waals surface area (Å²) >= 11 is 0. The number of nitrogens with two attached hydrogens (primary N) is 1. The van der Waals surface area contributed by atoms with Gasteiger partial charge in [-0.15, -0.1) is 0 Å². The first-order chi connectivity index (χ1) is 10.1. The largest absolute Gasteiger partial charge is 0.396 e. The average molecular weight is 279 g/mol. The van der Waals surface area contributed by atoms with Crippen molar-refractivity contribution < 1.29 is 0 Å². The van der Waals surface area contributed by atoms with Gasteiger partial charge >= 0.3 is 5.69 Å². The molecule has 0 bridgehead atoms. The predicted octanol–water partition coefficient (Wildman–Crippen LogP) is 0.732. The molecule has 0 spiro atoms. The minimum absolute atomic E-state index is 0.0355. The number of pyridine rings is 1. The SMILES string of the molecule is N#Cc1nc2[nH]c(=O)[nH]c(=O)c2c(-c2ccccc2)c1N. The molecule has 7 heteroatoms. The smallest absolute Gasteiger partial charge is 0.327 e. The van der Waals surface area contributed by atoms with E-state index >= 15 is 0 Å². The van der Waals surface area contributed by atoms with E-state index in [2.05, 4.69) is 15.0 Å². The van der Waals surface area contributed by atoms with Gasteiger partial charge in [0.05, 0.1) is 11.1 Å². The molecular weight excluding hydrogens is 270 g/mol. The molecule has 3 rings (SSSR count). The number of nitrogens with zero attached hydrogens (tertiary/aromatic N) is 2. The Balaban J connectivity index is 2.59. The van der Waals surface area contributed by atoms with Crippen molar-refractivity contribution in [2.75, 3.05) is 5.73 Å². The van der Waals surface area contributed by atoms with Crippen molar-refractivity contribution in [3.63, 3.8) is 0 Å². The van der Waals surface area contributed by atoms with Gasteiger partial charge in [-0.2, -0.15) is 5.26 Å². The number of H-pyrrole nitrogens is 2. The molecule has 0 saturated carbocycles. The Bertz CT molecular complexity index is 996. The fourth-order valence-electron chi connectivity index (χ4n) is 2.21. The van der Waals surface area contributed by atoms with Crippen molar-refractivity contribution in [2.45, 2.75) is 0 Å². The number of hydrogen-bond donors (Lipinski definition) is 3. The molecule has 2 aromatic heterocycles. The van der Waals surface area contributed by atoms with Gasteiger partial charge in [-0.1, -0.05) is 30.3 Å². The number of nitrogens with one attached hydrogen (secondary N) is 2. The van der Waals surface area contributed by atoms with Crippen molar-refractivity contribution in [3.8, 4) is 17.2 Å². The number of aromatic nitrogens is 3. The molecule has 0 aliphatic carbocycles. The first kappa shape index (κ1) is 12.6. The third kappa shape index (κ3) is 1.95. The molecule has 0 radical (unpaired) electrons. The van der Waals surface area contributed by atoms with Crippen LogP contribution in [0.1, 0.15) is 5.69 Å². The van der Waals surface area contributed by atoms with Crippen LogP contribution in [0.3, 0.4) is 0 Å².